The molecule has 0 aliphatic carbocycles. The molecule has 3 saturated heterocycles. The van der Waals surface area contributed by atoms with E-state index in [1.54, 1.807) is 36.7 Å². The summed E-state index contributed by atoms with van der Waals surface area (Å²) < 4.78 is 26.2. The van der Waals surface area contributed by atoms with Gasteiger partial charge in [-0.25, -0.2) is 9.18 Å². The highest BCUT2D eigenvalue weighted by atomic mass is 19.1. The van der Waals surface area contributed by atoms with Crippen LogP contribution in [0.25, 0.3) is 10.9 Å². The number of halogens is 1. The summed E-state index contributed by atoms with van der Waals surface area (Å²) in [7, 11) is 0. The van der Waals surface area contributed by atoms with E-state index >= 15 is 0 Å². The highest BCUT2D eigenvalue weighted by molar-refractivity contribution is 5.87. The molecule has 3 atom stereocenters. The zero-order valence-electron chi connectivity index (χ0n) is 29.6. The van der Waals surface area contributed by atoms with Crippen molar-refractivity contribution >= 4 is 17.0 Å². The summed E-state index contributed by atoms with van der Waals surface area (Å²) in [5.41, 5.74) is 1.97. The molecule has 3 aliphatic heterocycles. The number of unbranched alkanes of at least 4 members (excludes halogenated alkanes) is 6. The van der Waals surface area contributed by atoms with Crippen LogP contribution in [0.5, 0.6) is 11.5 Å². The molecule has 0 radical (unpaired) electrons. The number of fused-ring (bicyclic) bond motifs is 4. The number of aromatic nitrogens is 2. The number of phenols is 1. The van der Waals surface area contributed by atoms with E-state index < -0.39 is 18.2 Å². The molecule has 5 N–H and O–H groups in total. The third-order valence-electron chi connectivity index (χ3n) is 10.2. The number of hydrogen-bond donors (Lipinski definition) is 5. The first-order chi connectivity index (χ1) is 25.3. The summed E-state index contributed by atoms with van der Waals surface area (Å²) in [5.74, 6) is 0.571. The van der Waals surface area contributed by atoms with E-state index in [-0.39, 0.29) is 23.2 Å². The second kappa shape index (κ2) is 18.3. The first kappa shape index (κ1) is 37.2. The maximum atomic E-state index is 14.2. The van der Waals surface area contributed by atoms with Crippen molar-refractivity contribution in [2.75, 3.05) is 39.3 Å². The minimum atomic E-state index is -0.760. The van der Waals surface area contributed by atoms with E-state index in [1.807, 2.05) is 6.07 Å². The molecule has 7 rings (SSSR count). The third-order valence-corrected chi connectivity index (χ3v) is 10.2. The Morgan fingerprint density at radius 2 is 1.77 bits per heavy atom. The predicted molar refractivity (Wildman–Crippen MR) is 197 cm³/mol. The number of aromatic hydroxyl groups is 1. The lowest BCUT2D eigenvalue weighted by Crippen LogP contribution is -2.52. The fourth-order valence-electron chi connectivity index (χ4n) is 7.38. The van der Waals surface area contributed by atoms with Gasteiger partial charge >= 0.3 is 6.09 Å². The molecule has 278 valence electrons. The van der Waals surface area contributed by atoms with Crippen molar-refractivity contribution in [2.45, 2.75) is 76.0 Å². The summed E-state index contributed by atoms with van der Waals surface area (Å²) in [6.45, 7) is 4.58. The number of amides is 1. The first-order valence-corrected chi connectivity index (χ1v) is 18.6. The Morgan fingerprint density at radius 1 is 0.981 bits per heavy atom. The highest BCUT2D eigenvalue weighted by Crippen LogP contribution is 2.31. The molecule has 3 aliphatic rings. The number of aromatic amines is 1. The van der Waals surface area contributed by atoms with Crippen molar-refractivity contribution in [2.24, 2.45) is 5.92 Å². The fraction of sp³-hybridized carbons (Fsp3) is 0.475. The number of benzene rings is 2. The molecule has 12 heteroatoms. The average molecular weight is 716 g/mol. The van der Waals surface area contributed by atoms with Crippen molar-refractivity contribution in [1.29, 1.82) is 0 Å². The molecule has 3 fully saturated rings. The molecule has 11 nitrogen and oxygen atoms in total. The highest BCUT2D eigenvalue weighted by Gasteiger charge is 2.37. The van der Waals surface area contributed by atoms with Gasteiger partial charge in [0.05, 0.1) is 30.5 Å². The number of H-pyrrole nitrogens is 1. The Balaban J connectivity index is 0.873. The van der Waals surface area contributed by atoms with Crippen molar-refractivity contribution in [3.63, 3.8) is 0 Å². The normalized spacial score (nSPS) is 19.3. The van der Waals surface area contributed by atoms with Gasteiger partial charge in [0.15, 0.2) is 0 Å². The zero-order chi connectivity index (χ0) is 36.3. The van der Waals surface area contributed by atoms with Crippen LogP contribution in [-0.4, -0.2) is 76.6 Å². The standard InChI is InChI=1S/C40H50FN5O6/c41-30-10-8-9-28(21-30)38(45-40(50)52-36-26-46-18-15-27(36)16-19-46)29-22-31(24-43-23-29)51-20-7-5-3-1-2-4-6-17-42-25-35(48)32-11-13-34(47)39-33(32)12-14-37(49)44-39/h8-14,21-24,27,35-36,38,42,47-48H,1-7,15-20,25-26H2,(H,44,49)(H,45,50)/t35-,36?,38?/m0/s1. The second-order valence-corrected chi connectivity index (χ2v) is 14.0. The van der Waals surface area contributed by atoms with Gasteiger partial charge in [-0.1, -0.05) is 50.3 Å². The van der Waals surface area contributed by atoms with E-state index in [0.717, 1.165) is 84.0 Å². The van der Waals surface area contributed by atoms with Crippen LogP contribution in [0.2, 0.25) is 0 Å². The number of phenolic OH excluding ortho intramolecular Hbond substituents is 1. The lowest BCUT2D eigenvalue weighted by atomic mass is 9.86. The molecule has 2 unspecified atom stereocenters. The molecule has 2 bridgehead atoms. The molecule has 0 spiro atoms. The summed E-state index contributed by atoms with van der Waals surface area (Å²) in [4.78, 5) is 34.1. The van der Waals surface area contributed by atoms with Gasteiger partial charge in [0.1, 0.15) is 23.4 Å². The first-order valence-electron chi connectivity index (χ1n) is 18.6. The van der Waals surface area contributed by atoms with Crippen molar-refractivity contribution in [3.05, 3.63) is 99.9 Å². The van der Waals surface area contributed by atoms with Crippen molar-refractivity contribution < 1.29 is 28.9 Å². The van der Waals surface area contributed by atoms with Gasteiger partial charge in [0, 0.05) is 36.3 Å². The number of rotatable bonds is 18. The molecule has 2 aromatic heterocycles. The van der Waals surface area contributed by atoms with Gasteiger partial charge in [-0.2, -0.15) is 0 Å². The number of carbonyl (C=O) groups is 1. The Labute approximate surface area is 303 Å². The van der Waals surface area contributed by atoms with Crippen LogP contribution >= 0.6 is 0 Å². The Kier molecular flexibility index (Phi) is 13.1. The zero-order valence-corrected chi connectivity index (χ0v) is 29.6. The monoisotopic (exact) mass is 715 g/mol. The third kappa shape index (κ3) is 10.1. The number of nitrogens with zero attached hydrogens (tertiary/aromatic N) is 2. The average Bonchev–Trinajstić information content (AvgIpc) is 3.15. The lowest BCUT2D eigenvalue weighted by molar-refractivity contribution is -0.0336. The number of hydrogen-bond acceptors (Lipinski definition) is 9. The maximum Gasteiger partial charge on any atom is 0.408 e. The van der Waals surface area contributed by atoms with Crippen LogP contribution in [-0.2, 0) is 4.74 Å². The number of piperidine rings is 3. The minimum Gasteiger partial charge on any atom is -0.506 e. The largest absolute Gasteiger partial charge is 0.506 e. The number of aliphatic hydroxyl groups excluding tert-OH is 1. The van der Waals surface area contributed by atoms with Crippen LogP contribution in [0.4, 0.5) is 9.18 Å². The van der Waals surface area contributed by atoms with E-state index in [0.29, 0.717) is 52.4 Å². The molecule has 5 heterocycles. The van der Waals surface area contributed by atoms with Crippen LogP contribution in [0.15, 0.2) is 71.8 Å². The van der Waals surface area contributed by atoms with E-state index in [1.165, 1.54) is 24.3 Å². The maximum absolute atomic E-state index is 14.2. The van der Waals surface area contributed by atoms with Crippen LogP contribution in [0.1, 0.15) is 86.6 Å². The predicted octanol–water partition coefficient (Wildman–Crippen LogP) is 6.11. The smallest absolute Gasteiger partial charge is 0.408 e. The molecule has 2 aromatic carbocycles. The molecule has 1 amide bonds. The van der Waals surface area contributed by atoms with Crippen LogP contribution < -0.4 is 20.9 Å². The van der Waals surface area contributed by atoms with Gasteiger partial charge in [0.2, 0.25) is 5.56 Å². The SMILES string of the molecule is O=C(NC(c1cccc(F)c1)c1cncc(OCCCCCCCCCNC[C@H](O)c2ccc(O)c3[nH]c(=O)ccc23)c1)OC1CN2CCC1CC2. The summed E-state index contributed by atoms with van der Waals surface area (Å²) in [5, 5.41) is 27.7. The number of ether oxygens (including phenoxy) is 2. The summed E-state index contributed by atoms with van der Waals surface area (Å²) in [6.07, 6.45) is 11.4. The van der Waals surface area contributed by atoms with E-state index in [4.69, 9.17) is 9.47 Å². The number of carbonyl (C=O) groups excluding carboxylic acids is 1. The number of alkyl carbamates (subject to hydrolysis) is 1. The Bertz CT molecular complexity index is 1830. The minimum absolute atomic E-state index is 0.0209. The van der Waals surface area contributed by atoms with Crippen LogP contribution in [0, 0.1) is 11.7 Å². The van der Waals surface area contributed by atoms with Crippen LogP contribution in [0.3, 0.4) is 0 Å². The van der Waals surface area contributed by atoms with E-state index in [2.05, 4.69) is 25.5 Å². The number of aliphatic hydroxyl groups is 1. The molecule has 4 aromatic rings. The van der Waals surface area contributed by atoms with Crippen molar-refractivity contribution in [3.8, 4) is 11.5 Å². The summed E-state index contributed by atoms with van der Waals surface area (Å²) in [6, 6.07) is 13.6. The molecule has 52 heavy (non-hydrogen) atoms. The quantitative estimate of drug-likeness (QED) is 0.0770. The van der Waals surface area contributed by atoms with Gasteiger partial charge in [0.25, 0.3) is 0 Å². The fourth-order valence-corrected chi connectivity index (χ4v) is 7.38. The summed E-state index contributed by atoms with van der Waals surface area (Å²) >= 11 is 0. The van der Waals surface area contributed by atoms with Gasteiger partial charge < -0.3 is 35.3 Å². The Hall–Kier alpha value is -4.52. The van der Waals surface area contributed by atoms with Crippen molar-refractivity contribution in [1.82, 2.24) is 25.5 Å². The van der Waals surface area contributed by atoms with Gasteiger partial charge in [-0.15, -0.1) is 0 Å². The molecular formula is C40H50FN5O6. The topological polar surface area (TPSA) is 149 Å². The second-order valence-electron chi connectivity index (χ2n) is 14.0. The van der Waals surface area contributed by atoms with E-state index in [9.17, 15) is 24.2 Å². The lowest BCUT2D eigenvalue weighted by Gasteiger charge is -2.43. The molecule has 0 saturated carbocycles. The van der Waals surface area contributed by atoms with Gasteiger partial charge in [-0.3, -0.25) is 14.7 Å². The number of pyridine rings is 2. The van der Waals surface area contributed by atoms with Gasteiger partial charge in [-0.05, 0) is 92.7 Å². The molecular weight excluding hydrogens is 665 g/mol. The Morgan fingerprint density at radius 3 is 2.54 bits per heavy atom. The number of nitrogens with one attached hydrogen (secondary N) is 3.